The Bertz CT molecular complexity index is 518. The van der Waals surface area contributed by atoms with Gasteiger partial charge in [0.1, 0.15) is 5.52 Å². The second-order valence-corrected chi connectivity index (χ2v) is 4.83. The van der Waals surface area contributed by atoms with Crippen molar-refractivity contribution in [2.24, 2.45) is 0 Å². The number of hydrogen-bond donors (Lipinski definition) is 1. The van der Waals surface area contributed by atoms with E-state index < -0.39 is 0 Å². The van der Waals surface area contributed by atoms with E-state index in [0.29, 0.717) is 6.61 Å². The van der Waals surface area contributed by atoms with Crippen LogP contribution >= 0.6 is 0 Å². The number of aryl methyl sites for hydroxylation is 1. The minimum atomic E-state index is -0.165. The first kappa shape index (κ1) is 11.9. The zero-order valence-electron chi connectivity index (χ0n) is 10.7. The maximum absolute atomic E-state index is 5.18. The van der Waals surface area contributed by atoms with Crippen LogP contribution in [0.2, 0.25) is 0 Å². The number of nitrogens with one attached hydrogen (secondary N) is 1. The molecule has 2 heterocycles. The van der Waals surface area contributed by atoms with Crippen LogP contribution in [-0.4, -0.2) is 33.9 Å². The smallest absolute Gasteiger partial charge is 0.152 e. The summed E-state index contributed by atoms with van der Waals surface area (Å²) in [7, 11) is 1.69. The molecule has 0 saturated carbocycles. The Labute approximate surface area is 101 Å². The van der Waals surface area contributed by atoms with Gasteiger partial charge >= 0.3 is 0 Å². The Hall–Kier alpha value is -1.62. The van der Waals surface area contributed by atoms with Crippen molar-refractivity contribution in [3.05, 3.63) is 24.2 Å². The molecule has 2 aromatic heterocycles. The molecule has 5 nitrogen and oxygen atoms in total. The lowest BCUT2D eigenvalue weighted by Crippen LogP contribution is -2.36. The topological polar surface area (TPSA) is 51.5 Å². The molecule has 92 valence electrons. The highest BCUT2D eigenvalue weighted by Gasteiger charge is 2.19. The third kappa shape index (κ3) is 2.55. The van der Waals surface area contributed by atoms with Crippen LogP contribution < -0.4 is 5.32 Å². The second kappa shape index (κ2) is 4.33. The molecule has 0 aromatic carbocycles. The molecule has 0 saturated heterocycles. The van der Waals surface area contributed by atoms with Crippen LogP contribution in [-0.2, 0) is 4.74 Å². The van der Waals surface area contributed by atoms with Gasteiger partial charge in [-0.3, -0.25) is 0 Å². The van der Waals surface area contributed by atoms with Crippen LogP contribution in [0.3, 0.4) is 0 Å². The van der Waals surface area contributed by atoms with Gasteiger partial charge in [0.15, 0.2) is 5.82 Å². The fraction of sp³-hybridized carbons (Fsp3) is 0.500. The fourth-order valence-electron chi connectivity index (χ4n) is 1.86. The minimum absolute atomic E-state index is 0.165. The quantitative estimate of drug-likeness (QED) is 0.877. The molecule has 0 aliphatic rings. The van der Waals surface area contributed by atoms with E-state index in [1.54, 1.807) is 13.3 Å². The molecule has 0 aliphatic heterocycles. The van der Waals surface area contributed by atoms with Crippen LogP contribution in [0, 0.1) is 6.92 Å². The summed E-state index contributed by atoms with van der Waals surface area (Å²) in [6, 6.07) is 2.01. The molecule has 0 atom stereocenters. The molecule has 0 bridgehead atoms. The average Bonchev–Trinajstić information content (AvgIpc) is 2.58. The van der Waals surface area contributed by atoms with Crippen LogP contribution in [0.25, 0.3) is 5.52 Å². The monoisotopic (exact) mass is 234 g/mol. The Morgan fingerprint density at radius 1 is 1.47 bits per heavy atom. The van der Waals surface area contributed by atoms with Crippen LogP contribution in [0.15, 0.2) is 18.5 Å². The van der Waals surface area contributed by atoms with Crippen molar-refractivity contribution in [2.75, 3.05) is 19.0 Å². The zero-order valence-corrected chi connectivity index (χ0v) is 10.7. The van der Waals surface area contributed by atoms with E-state index in [0.717, 1.165) is 17.0 Å². The zero-order chi connectivity index (χ0) is 12.5. The number of aromatic nitrogens is 3. The van der Waals surface area contributed by atoms with Gasteiger partial charge in [-0.05, 0) is 26.8 Å². The predicted octanol–water partition coefficient (Wildman–Crippen LogP) is 1.87. The Morgan fingerprint density at radius 3 is 2.94 bits per heavy atom. The molecule has 2 rings (SSSR count). The molecule has 17 heavy (non-hydrogen) atoms. The van der Waals surface area contributed by atoms with Gasteiger partial charge in [0.2, 0.25) is 0 Å². The van der Waals surface area contributed by atoms with Crippen molar-refractivity contribution in [1.82, 2.24) is 14.6 Å². The van der Waals surface area contributed by atoms with Gasteiger partial charge in [-0.15, -0.1) is 0 Å². The Kier molecular flexibility index (Phi) is 3.02. The van der Waals surface area contributed by atoms with Crippen molar-refractivity contribution in [2.45, 2.75) is 26.3 Å². The first-order chi connectivity index (χ1) is 8.02. The molecular formula is C12H18N4O. The maximum atomic E-state index is 5.18. The summed E-state index contributed by atoms with van der Waals surface area (Å²) in [4.78, 5) is 4.36. The SMILES string of the molecule is COCC(C)(C)Nc1nccn2nc(C)cc12. The van der Waals surface area contributed by atoms with Gasteiger partial charge < -0.3 is 10.1 Å². The molecule has 0 amide bonds. The minimum Gasteiger partial charge on any atom is -0.382 e. The lowest BCUT2D eigenvalue weighted by atomic mass is 10.1. The summed E-state index contributed by atoms with van der Waals surface area (Å²) in [5.74, 6) is 0.829. The van der Waals surface area contributed by atoms with E-state index in [1.165, 1.54) is 0 Å². The van der Waals surface area contributed by atoms with Gasteiger partial charge in [0.25, 0.3) is 0 Å². The molecule has 0 unspecified atom stereocenters. The molecular weight excluding hydrogens is 216 g/mol. The van der Waals surface area contributed by atoms with Crippen molar-refractivity contribution in [3.63, 3.8) is 0 Å². The number of anilines is 1. The van der Waals surface area contributed by atoms with E-state index in [2.05, 4.69) is 29.2 Å². The third-order valence-electron chi connectivity index (χ3n) is 2.47. The summed E-state index contributed by atoms with van der Waals surface area (Å²) >= 11 is 0. The Balaban J connectivity index is 2.35. The average molecular weight is 234 g/mol. The summed E-state index contributed by atoms with van der Waals surface area (Å²) in [5.41, 5.74) is 1.79. The lowest BCUT2D eigenvalue weighted by molar-refractivity contribution is 0.158. The van der Waals surface area contributed by atoms with E-state index in [-0.39, 0.29) is 5.54 Å². The first-order valence-corrected chi connectivity index (χ1v) is 5.60. The number of rotatable bonds is 4. The first-order valence-electron chi connectivity index (χ1n) is 5.60. The van der Waals surface area contributed by atoms with Gasteiger partial charge in [0, 0.05) is 19.5 Å². The summed E-state index contributed by atoms with van der Waals surface area (Å²) < 4.78 is 7.01. The van der Waals surface area contributed by atoms with Crippen LogP contribution in [0.1, 0.15) is 19.5 Å². The van der Waals surface area contributed by atoms with Crippen molar-refractivity contribution < 1.29 is 4.74 Å². The summed E-state index contributed by atoms with van der Waals surface area (Å²) in [5, 5.41) is 7.73. The fourth-order valence-corrected chi connectivity index (χ4v) is 1.86. The van der Waals surface area contributed by atoms with Crippen molar-refractivity contribution >= 4 is 11.3 Å². The third-order valence-corrected chi connectivity index (χ3v) is 2.47. The number of fused-ring (bicyclic) bond motifs is 1. The molecule has 5 heteroatoms. The lowest BCUT2D eigenvalue weighted by Gasteiger charge is -2.26. The van der Waals surface area contributed by atoms with Gasteiger partial charge in [-0.1, -0.05) is 0 Å². The maximum Gasteiger partial charge on any atom is 0.152 e. The van der Waals surface area contributed by atoms with Gasteiger partial charge in [-0.2, -0.15) is 5.10 Å². The van der Waals surface area contributed by atoms with Crippen molar-refractivity contribution in [1.29, 1.82) is 0 Å². The number of methoxy groups -OCH3 is 1. The number of nitrogens with zero attached hydrogens (tertiary/aromatic N) is 3. The van der Waals surface area contributed by atoms with Crippen molar-refractivity contribution in [3.8, 4) is 0 Å². The summed E-state index contributed by atoms with van der Waals surface area (Å²) in [6.45, 7) is 6.73. The largest absolute Gasteiger partial charge is 0.382 e. The van der Waals surface area contributed by atoms with E-state index >= 15 is 0 Å². The van der Waals surface area contributed by atoms with E-state index in [1.807, 2.05) is 23.7 Å². The summed E-state index contributed by atoms with van der Waals surface area (Å²) in [6.07, 6.45) is 3.58. The van der Waals surface area contributed by atoms with E-state index in [4.69, 9.17) is 4.74 Å². The predicted molar refractivity (Wildman–Crippen MR) is 67.3 cm³/mol. The normalized spacial score (nSPS) is 12.0. The highest BCUT2D eigenvalue weighted by Crippen LogP contribution is 2.19. The highest BCUT2D eigenvalue weighted by molar-refractivity contribution is 5.68. The van der Waals surface area contributed by atoms with Gasteiger partial charge in [-0.25, -0.2) is 9.50 Å². The van der Waals surface area contributed by atoms with Crippen LogP contribution in [0.4, 0.5) is 5.82 Å². The molecule has 2 aromatic rings. The molecule has 0 aliphatic carbocycles. The van der Waals surface area contributed by atoms with Gasteiger partial charge in [0.05, 0.1) is 17.8 Å². The molecule has 0 fully saturated rings. The number of ether oxygens (including phenoxy) is 1. The highest BCUT2D eigenvalue weighted by atomic mass is 16.5. The standard InChI is InChI=1S/C12H18N4O/c1-9-7-10-11(13-5-6-16(10)15-9)14-12(2,3)8-17-4/h5-7H,8H2,1-4H3,(H,13,14). The van der Waals surface area contributed by atoms with E-state index in [9.17, 15) is 0 Å². The number of hydrogen-bond acceptors (Lipinski definition) is 4. The second-order valence-electron chi connectivity index (χ2n) is 4.83. The Morgan fingerprint density at radius 2 is 2.24 bits per heavy atom. The van der Waals surface area contributed by atoms with Crippen LogP contribution in [0.5, 0.6) is 0 Å². The molecule has 0 spiro atoms. The molecule has 0 radical (unpaired) electrons. The molecule has 1 N–H and O–H groups in total.